The molecule has 0 aliphatic carbocycles. The summed E-state index contributed by atoms with van der Waals surface area (Å²) in [4.78, 5) is 38.2. The number of allylic oxidation sites excluding steroid dienone is 18. The molecule has 0 spiro atoms. The second-order valence-electron chi connectivity index (χ2n) is 27.7. The Kier molecular flexibility index (Phi) is 71.3. The maximum Gasteiger partial charge on any atom is 0.306 e. The molecule has 0 aromatic carbocycles. The number of ether oxygens (including phenoxy) is 2. The molecule has 0 aliphatic rings. The van der Waals surface area contributed by atoms with Crippen molar-refractivity contribution in [2.75, 3.05) is 47.5 Å². The standard InChI is InChI=1S/C84H150NO8P/c1-6-8-10-12-14-16-18-20-22-24-26-28-30-32-34-36-38-40-41-42-43-45-46-48-50-52-54-56-58-60-62-64-66-68-70-72-74-76-83(86)90-80-82(81-92-94(88,89)91-79-78-85(3,4)5)93-84(87)77-75-73-71-69-67-65-63-61-59-57-55-53-51-49-47-44-39-37-35-33-31-29-27-25-23-21-19-17-15-13-11-9-7-2/h9,11,15,17-18,20-21,23-24,26-27,29,33,35,39,44,49,51,82H,6-8,10,12-14,16,19,22,25,28,30-32,34,36-38,40-43,45-48,50,52-81H2,1-5H3/b11-9-,17-15-,20-18-,23-21-,26-24-,29-27-,35-33-,44-39-,51-49-. The average molecular weight is 1330 g/mol. The zero-order valence-electron chi connectivity index (χ0n) is 62.1. The van der Waals surface area contributed by atoms with E-state index >= 15 is 0 Å². The van der Waals surface area contributed by atoms with E-state index in [2.05, 4.69) is 123 Å². The van der Waals surface area contributed by atoms with Crippen molar-refractivity contribution in [1.29, 1.82) is 0 Å². The maximum atomic E-state index is 12.9. The molecule has 0 rings (SSSR count). The van der Waals surface area contributed by atoms with Gasteiger partial charge < -0.3 is 27.9 Å². The van der Waals surface area contributed by atoms with Crippen LogP contribution in [0.4, 0.5) is 0 Å². The average Bonchev–Trinajstić information content (AvgIpc) is 1.56. The molecule has 0 aromatic heterocycles. The van der Waals surface area contributed by atoms with E-state index < -0.39 is 26.5 Å². The first-order valence-corrected chi connectivity index (χ1v) is 41.1. The summed E-state index contributed by atoms with van der Waals surface area (Å²) < 4.78 is 34.4. The van der Waals surface area contributed by atoms with E-state index in [1.807, 2.05) is 21.1 Å². The van der Waals surface area contributed by atoms with Crippen molar-refractivity contribution in [1.82, 2.24) is 0 Å². The van der Waals surface area contributed by atoms with Crippen LogP contribution in [0.3, 0.4) is 0 Å². The van der Waals surface area contributed by atoms with Crippen molar-refractivity contribution in [2.45, 2.75) is 367 Å². The Morgan fingerprint density at radius 3 is 0.904 bits per heavy atom. The van der Waals surface area contributed by atoms with Gasteiger partial charge in [-0.05, 0) is 103 Å². The lowest BCUT2D eigenvalue weighted by Gasteiger charge is -2.28. The molecule has 94 heavy (non-hydrogen) atoms. The number of hydrogen-bond donors (Lipinski definition) is 0. The molecule has 0 aromatic rings. The number of unbranched alkanes of at least 4 members (excludes halogenated alkanes) is 41. The van der Waals surface area contributed by atoms with Gasteiger partial charge in [-0.15, -0.1) is 0 Å². The van der Waals surface area contributed by atoms with E-state index in [4.69, 9.17) is 18.5 Å². The smallest absolute Gasteiger partial charge is 0.306 e. The van der Waals surface area contributed by atoms with Crippen molar-refractivity contribution in [3.8, 4) is 0 Å². The quantitative estimate of drug-likeness (QED) is 0.0195. The summed E-state index contributed by atoms with van der Waals surface area (Å²) in [7, 11) is 1.17. The van der Waals surface area contributed by atoms with E-state index in [9.17, 15) is 19.0 Å². The maximum absolute atomic E-state index is 12.9. The minimum absolute atomic E-state index is 0.0338. The van der Waals surface area contributed by atoms with Gasteiger partial charge in [-0.2, -0.15) is 0 Å². The molecule has 10 heteroatoms. The van der Waals surface area contributed by atoms with E-state index in [1.54, 1.807) is 0 Å². The topological polar surface area (TPSA) is 111 Å². The van der Waals surface area contributed by atoms with Crippen molar-refractivity contribution >= 4 is 19.8 Å². The first-order chi connectivity index (χ1) is 46.0. The minimum Gasteiger partial charge on any atom is -0.756 e. The molecule has 0 radical (unpaired) electrons. The molecule has 0 fully saturated rings. The van der Waals surface area contributed by atoms with Crippen LogP contribution in [-0.2, 0) is 32.7 Å². The summed E-state index contributed by atoms with van der Waals surface area (Å²) in [5, 5.41) is 0. The van der Waals surface area contributed by atoms with Crippen molar-refractivity contribution in [2.24, 2.45) is 0 Å². The number of rotatable bonds is 73. The predicted molar refractivity (Wildman–Crippen MR) is 406 cm³/mol. The molecule has 2 unspecified atom stereocenters. The predicted octanol–water partition coefficient (Wildman–Crippen LogP) is 25.8. The zero-order valence-corrected chi connectivity index (χ0v) is 63.0. The molecule has 0 N–H and O–H groups in total. The fourth-order valence-corrected chi connectivity index (χ4v) is 12.0. The van der Waals surface area contributed by atoms with E-state index in [0.717, 1.165) is 96.3 Å². The number of quaternary nitrogens is 1. The molecule has 544 valence electrons. The second kappa shape index (κ2) is 73.9. The van der Waals surface area contributed by atoms with Crippen LogP contribution >= 0.6 is 7.82 Å². The molecule has 0 saturated carbocycles. The van der Waals surface area contributed by atoms with Gasteiger partial charge in [0.1, 0.15) is 19.8 Å². The van der Waals surface area contributed by atoms with E-state index in [1.165, 1.54) is 231 Å². The Morgan fingerprint density at radius 2 is 0.606 bits per heavy atom. The highest BCUT2D eigenvalue weighted by atomic mass is 31.2. The number of nitrogens with zero attached hydrogens (tertiary/aromatic N) is 1. The van der Waals surface area contributed by atoms with Crippen LogP contribution in [0.1, 0.15) is 361 Å². The molecule has 0 heterocycles. The molecule has 0 saturated heterocycles. The Balaban J connectivity index is 3.97. The fourth-order valence-electron chi connectivity index (χ4n) is 11.3. The van der Waals surface area contributed by atoms with Gasteiger partial charge in [0.2, 0.25) is 0 Å². The van der Waals surface area contributed by atoms with E-state index in [0.29, 0.717) is 17.4 Å². The molecule has 9 nitrogen and oxygen atoms in total. The first-order valence-electron chi connectivity index (χ1n) is 39.6. The number of carbonyl (C=O) groups excluding carboxylic acids is 2. The first kappa shape index (κ1) is 90.7. The Labute approximate surface area is 582 Å². The van der Waals surface area contributed by atoms with Crippen LogP contribution in [0.2, 0.25) is 0 Å². The van der Waals surface area contributed by atoms with Crippen molar-refractivity contribution < 1.29 is 42.1 Å². The van der Waals surface area contributed by atoms with Gasteiger partial charge in [-0.3, -0.25) is 14.2 Å². The lowest BCUT2D eigenvalue weighted by atomic mass is 10.0. The summed E-state index contributed by atoms with van der Waals surface area (Å²) in [6, 6.07) is 0. The minimum atomic E-state index is -4.65. The Hall–Kier alpha value is -3.33. The highest BCUT2D eigenvalue weighted by molar-refractivity contribution is 7.45. The van der Waals surface area contributed by atoms with Crippen LogP contribution in [-0.4, -0.2) is 70.0 Å². The third-order valence-corrected chi connectivity index (χ3v) is 18.2. The Bertz CT molecular complexity index is 1960. The van der Waals surface area contributed by atoms with Crippen LogP contribution in [0.15, 0.2) is 109 Å². The summed E-state index contributed by atoms with van der Waals surface area (Å²) in [6.45, 7) is 4.15. The fraction of sp³-hybridized carbons (Fsp3) is 0.762. The molecule has 0 aliphatic heterocycles. The summed E-state index contributed by atoms with van der Waals surface area (Å²) in [5.74, 6) is -0.826. The number of carbonyl (C=O) groups is 2. The van der Waals surface area contributed by atoms with Gasteiger partial charge >= 0.3 is 11.9 Å². The van der Waals surface area contributed by atoms with Crippen LogP contribution in [0, 0.1) is 0 Å². The monoisotopic (exact) mass is 1330 g/mol. The van der Waals surface area contributed by atoms with E-state index in [-0.39, 0.29) is 32.0 Å². The third kappa shape index (κ3) is 77.7. The number of phosphoric ester groups is 1. The SMILES string of the molecule is CC/C=C\C/C=C\C/C=C\C/C=C\C/C=C\C/C=C\C/C=C\CCCCCCCCCCCCCC(=O)OC(COC(=O)CCCCCCCCCCCCCCCCCCCCCCCCCCC/C=C\C/C=C\CCCCCCC)COP(=O)([O-])OCC[N+](C)(C)C. The van der Waals surface area contributed by atoms with Gasteiger partial charge in [0.05, 0.1) is 27.7 Å². The molecule has 0 amide bonds. The number of likely N-dealkylation sites (N-methyl/N-ethyl adjacent to an activating group) is 1. The summed E-state index contributed by atoms with van der Waals surface area (Å²) in [6.07, 6.45) is 105. The van der Waals surface area contributed by atoms with Gasteiger partial charge in [0.25, 0.3) is 7.82 Å². The largest absolute Gasteiger partial charge is 0.756 e. The zero-order chi connectivity index (χ0) is 68.3. The van der Waals surface area contributed by atoms with Gasteiger partial charge in [-0.1, -0.05) is 354 Å². The van der Waals surface area contributed by atoms with Gasteiger partial charge in [-0.25, -0.2) is 0 Å². The number of esters is 2. The van der Waals surface area contributed by atoms with Crippen LogP contribution < -0.4 is 4.89 Å². The summed E-state index contributed by atoms with van der Waals surface area (Å²) >= 11 is 0. The molecular weight excluding hydrogens is 1180 g/mol. The van der Waals surface area contributed by atoms with Crippen molar-refractivity contribution in [3.05, 3.63) is 109 Å². The molecular formula is C84H150NO8P. The molecule has 0 bridgehead atoms. The van der Waals surface area contributed by atoms with Crippen molar-refractivity contribution in [3.63, 3.8) is 0 Å². The van der Waals surface area contributed by atoms with Gasteiger partial charge in [0, 0.05) is 12.8 Å². The highest BCUT2D eigenvalue weighted by Gasteiger charge is 2.22. The number of phosphoric acid groups is 1. The second-order valence-corrected chi connectivity index (χ2v) is 29.1. The lowest BCUT2D eigenvalue weighted by Crippen LogP contribution is -2.37. The normalized spacial score (nSPS) is 13.6. The van der Waals surface area contributed by atoms with Gasteiger partial charge in [0.15, 0.2) is 6.10 Å². The lowest BCUT2D eigenvalue weighted by molar-refractivity contribution is -0.870. The Morgan fingerprint density at radius 1 is 0.340 bits per heavy atom. The molecule has 2 atom stereocenters. The van der Waals surface area contributed by atoms with Crippen LogP contribution in [0.5, 0.6) is 0 Å². The van der Waals surface area contributed by atoms with Crippen LogP contribution in [0.25, 0.3) is 0 Å². The third-order valence-electron chi connectivity index (χ3n) is 17.3. The summed E-state index contributed by atoms with van der Waals surface area (Å²) in [5.41, 5.74) is 0. The number of hydrogen-bond acceptors (Lipinski definition) is 8. The highest BCUT2D eigenvalue weighted by Crippen LogP contribution is 2.38.